The normalized spacial score (nSPS) is 17.8. The summed E-state index contributed by atoms with van der Waals surface area (Å²) in [4.78, 5) is 12.0. The SMILES string of the molecule is CCOCCCCNC(=O)c1ccn(C2CCCNC2)n1.Cl. The lowest BCUT2D eigenvalue weighted by molar-refractivity contribution is 0.0943. The van der Waals surface area contributed by atoms with E-state index in [1.807, 2.05) is 17.8 Å². The highest BCUT2D eigenvalue weighted by atomic mass is 35.5. The third-order valence-electron chi connectivity index (χ3n) is 3.69. The van der Waals surface area contributed by atoms with Gasteiger partial charge in [0.2, 0.25) is 0 Å². The molecule has 1 aromatic heterocycles. The molecule has 1 saturated heterocycles. The Hall–Kier alpha value is -1.11. The van der Waals surface area contributed by atoms with Gasteiger partial charge in [0.25, 0.3) is 5.91 Å². The lowest BCUT2D eigenvalue weighted by atomic mass is 10.1. The van der Waals surface area contributed by atoms with Crippen molar-refractivity contribution in [1.29, 1.82) is 0 Å². The lowest BCUT2D eigenvalue weighted by Gasteiger charge is -2.22. The summed E-state index contributed by atoms with van der Waals surface area (Å²) in [6, 6.07) is 2.16. The van der Waals surface area contributed by atoms with Crippen molar-refractivity contribution < 1.29 is 9.53 Å². The summed E-state index contributed by atoms with van der Waals surface area (Å²) in [7, 11) is 0. The molecule has 1 aliphatic rings. The molecule has 0 aromatic carbocycles. The zero-order valence-electron chi connectivity index (χ0n) is 13.2. The van der Waals surface area contributed by atoms with Crippen LogP contribution >= 0.6 is 12.4 Å². The Kier molecular flexibility index (Phi) is 9.11. The van der Waals surface area contributed by atoms with Crippen LogP contribution in [0.25, 0.3) is 0 Å². The average molecular weight is 331 g/mol. The first-order chi connectivity index (χ1) is 10.3. The molecule has 1 fully saturated rings. The molecule has 2 N–H and O–H groups in total. The molecular weight excluding hydrogens is 304 g/mol. The number of carbonyl (C=O) groups is 1. The second-order valence-electron chi connectivity index (χ2n) is 5.34. The van der Waals surface area contributed by atoms with E-state index in [1.165, 1.54) is 0 Å². The van der Waals surface area contributed by atoms with Crippen molar-refractivity contribution >= 4 is 18.3 Å². The van der Waals surface area contributed by atoms with Crippen LogP contribution in [0.4, 0.5) is 0 Å². The maximum Gasteiger partial charge on any atom is 0.271 e. The third kappa shape index (κ3) is 5.94. The van der Waals surface area contributed by atoms with E-state index in [0.717, 1.165) is 52.0 Å². The third-order valence-corrected chi connectivity index (χ3v) is 3.69. The Morgan fingerprint density at radius 3 is 3.14 bits per heavy atom. The van der Waals surface area contributed by atoms with E-state index >= 15 is 0 Å². The number of halogens is 1. The largest absolute Gasteiger partial charge is 0.382 e. The lowest BCUT2D eigenvalue weighted by Crippen LogP contribution is -2.32. The summed E-state index contributed by atoms with van der Waals surface area (Å²) in [5.41, 5.74) is 0.505. The molecule has 126 valence electrons. The summed E-state index contributed by atoms with van der Waals surface area (Å²) in [6.45, 7) is 6.17. The maximum absolute atomic E-state index is 12.0. The fourth-order valence-electron chi connectivity index (χ4n) is 2.49. The number of rotatable bonds is 8. The summed E-state index contributed by atoms with van der Waals surface area (Å²) in [5.74, 6) is -0.0890. The molecule has 0 saturated carbocycles. The molecule has 1 atom stereocenters. The highest BCUT2D eigenvalue weighted by molar-refractivity contribution is 5.92. The fourth-order valence-corrected chi connectivity index (χ4v) is 2.49. The van der Waals surface area contributed by atoms with Crippen molar-refractivity contribution in [2.45, 2.75) is 38.6 Å². The van der Waals surface area contributed by atoms with Crippen LogP contribution in [0.2, 0.25) is 0 Å². The molecule has 1 aromatic rings. The van der Waals surface area contributed by atoms with Crippen LogP contribution in [0.1, 0.15) is 49.1 Å². The fraction of sp³-hybridized carbons (Fsp3) is 0.733. The van der Waals surface area contributed by atoms with Gasteiger partial charge in [0.1, 0.15) is 5.69 Å². The van der Waals surface area contributed by atoms with E-state index in [2.05, 4.69) is 15.7 Å². The Labute approximate surface area is 138 Å². The highest BCUT2D eigenvalue weighted by Gasteiger charge is 2.17. The molecule has 0 bridgehead atoms. The zero-order chi connectivity index (χ0) is 14.9. The van der Waals surface area contributed by atoms with Gasteiger partial charge in [-0.05, 0) is 45.2 Å². The number of ether oxygens (including phenoxy) is 1. The molecule has 7 heteroatoms. The molecule has 0 radical (unpaired) electrons. The van der Waals surface area contributed by atoms with Crippen molar-refractivity contribution in [1.82, 2.24) is 20.4 Å². The Balaban J connectivity index is 0.00000242. The topological polar surface area (TPSA) is 68.2 Å². The molecule has 2 rings (SSSR count). The smallest absolute Gasteiger partial charge is 0.271 e. The van der Waals surface area contributed by atoms with Crippen molar-refractivity contribution in [3.63, 3.8) is 0 Å². The Morgan fingerprint density at radius 1 is 1.55 bits per heavy atom. The second kappa shape index (κ2) is 10.6. The van der Waals surface area contributed by atoms with Crippen LogP contribution < -0.4 is 10.6 Å². The predicted octanol–water partition coefficient (Wildman–Crippen LogP) is 1.78. The molecule has 0 spiro atoms. The van der Waals surface area contributed by atoms with Crippen molar-refractivity contribution in [2.24, 2.45) is 0 Å². The first-order valence-electron chi connectivity index (χ1n) is 7.93. The van der Waals surface area contributed by atoms with E-state index in [9.17, 15) is 4.79 Å². The van der Waals surface area contributed by atoms with Gasteiger partial charge in [0, 0.05) is 32.5 Å². The molecule has 1 aliphatic heterocycles. The molecule has 6 nitrogen and oxygen atoms in total. The summed E-state index contributed by atoms with van der Waals surface area (Å²) in [5, 5.41) is 10.7. The van der Waals surface area contributed by atoms with E-state index in [0.29, 0.717) is 18.3 Å². The zero-order valence-corrected chi connectivity index (χ0v) is 14.0. The number of piperidine rings is 1. The summed E-state index contributed by atoms with van der Waals surface area (Å²) >= 11 is 0. The molecule has 2 heterocycles. The first kappa shape index (κ1) is 18.9. The number of nitrogens with zero attached hydrogens (tertiary/aromatic N) is 2. The second-order valence-corrected chi connectivity index (χ2v) is 5.34. The number of carbonyl (C=O) groups excluding carboxylic acids is 1. The minimum absolute atomic E-state index is 0. The number of hydrogen-bond donors (Lipinski definition) is 2. The molecule has 0 aliphatic carbocycles. The van der Waals surface area contributed by atoms with Crippen LogP contribution in [-0.4, -0.2) is 48.5 Å². The van der Waals surface area contributed by atoms with Gasteiger partial charge in [0.15, 0.2) is 0 Å². The van der Waals surface area contributed by atoms with Gasteiger partial charge in [-0.3, -0.25) is 9.48 Å². The Bertz CT molecular complexity index is 433. The standard InChI is InChI=1S/C15H26N4O2.ClH/c1-2-21-11-4-3-9-17-15(20)14-7-10-19(18-14)13-6-5-8-16-12-13;/h7,10,13,16H,2-6,8-9,11-12H2,1H3,(H,17,20);1H. The molecule has 1 amide bonds. The monoisotopic (exact) mass is 330 g/mol. The highest BCUT2D eigenvalue weighted by Crippen LogP contribution is 2.15. The van der Waals surface area contributed by atoms with Gasteiger partial charge in [-0.1, -0.05) is 0 Å². The number of hydrogen-bond acceptors (Lipinski definition) is 4. The summed E-state index contributed by atoms with van der Waals surface area (Å²) in [6.07, 6.45) is 6.08. The van der Waals surface area contributed by atoms with Gasteiger partial charge < -0.3 is 15.4 Å². The van der Waals surface area contributed by atoms with Crippen LogP contribution in [0.3, 0.4) is 0 Å². The maximum atomic E-state index is 12.0. The average Bonchev–Trinajstić information content (AvgIpc) is 3.01. The number of unbranched alkanes of at least 4 members (excludes halogenated alkanes) is 1. The van der Waals surface area contributed by atoms with Gasteiger partial charge in [-0.2, -0.15) is 5.10 Å². The van der Waals surface area contributed by atoms with Crippen LogP contribution in [-0.2, 0) is 4.74 Å². The minimum atomic E-state index is -0.0890. The van der Waals surface area contributed by atoms with E-state index < -0.39 is 0 Å². The number of amides is 1. The predicted molar refractivity (Wildman–Crippen MR) is 88.7 cm³/mol. The molecule has 1 unspecified atom stereocenters. The van der Waals surface area contributed by atoms with Gasteiger partial charge in [-0.25, -0.2) is 0 Å². The van der Waals surface area contributed by atoms with Crippen molar-refractivity contribution in [2.75, 3.05) is 32.8 Å². The minimum Gasteiger partial charge on any atom is -0.382 e. The van der Waals surface area contributed by atoms with E-state index in [4.69, 9.17) is 4.74 Å². The van der Waals surface area contributed by atoms with Crippen LogP contribution in [0.15, 0.2) is 12.3 Å². The van der Waals surface area contributed by atoms with Crippen molar-refractivity contribution in [3.8, 4) is 0 Å². The van der Waals surface area contributed by atoms with Gasteiger partial charge in [-0.15, -0.1) is 12.4 Å². The Morgan fingerprint density at radius 2 is 2.41 bits per heavy atom. The molecule has 22 heavy (non-hydrogen) atoms. The first-order valence-corrected chi connectivity index (χ1v) is 7.93. The van der Waals surface area contributed by atoms with Crippen molar-refractivity contribution in [3.05, 3.63) is 18.0 Å². The quantitative estimate of drug-likeness (QED) is 0.713. The van der Waals surface area contributed by atoms with Gasteiger partial charge >= 0.3 is 0 Å². The summed E-state index contributed by atoms with van der Waals surface area (Å²) < 4.78 is 7.17. The van der Waals surface area contributed by atoms with E-state index in [-0.39, 0.29) is 18.3 Å². The number of aromatic nitrogens is 2. The van der Waals surface area contributed by atoms with Crippen LogP contribution in [0.5, 0.6) is 0 Å². The number of nitrogens with one attached hydrogen (secondary N) is 2. The van der Waals surface area contributed by atoms with Gasteiger partial charge in [0.05, 0.1) is 6.04 Å². The molecular formula is C15H27ClN4O2. The van der Waals surface area contributed by atoms with E-state index in [1.54, 1.807) is 6.07 Å². The van der Waals surface area contributed by atoms with Crippen LogP contribution in [0, 0.1) is 0 Å².